The Balaban J connectivity index is 3.50. The monoisotopic (exact) mass is 112 g/mol. The molecule has 0 radical (unpaired) electrons. The predicted octanol–water partition coefficient (Wildman–Crippen LogP) is 0.525. The number of hydrogen-bond acceptors (Lipinski definition) is 2. The number of rotatable bonds is 1. The van der Waals surface area contributed by atoms with Gasteiger partial charge in [-0.05, 0) is 6.16 Å². The van der Waals surface area contributed by atoms with Gasteiger partial charge in [-0.1, -0.05) is 0 Å². The highest BCUT2D eigenvalue weighted by Crippen LogP contribution is 1.95. The molecule has 36 valence electrons. The van der Waals surface area contributed by atoms with E-state index in [1.807, 2.05) is 12.1 Å². The van der Waals surface area contributed by atoms with Gasteiger partial charge in [-0.2, -0.15) is 10.5 Å². The van der Waals surface area contributed by atoms with Gasteiger partial charge < -0.3 is 0 Å². The zero-order valence-corrected chi connectivity index (χ0v) is 4.91. The molecule has 0 aromatic heterocycles. The van der Waals surface area contributed by atoms with Crippen LogP contribution in [0, 0.1) is 28.6 Å². The molecule has 1 atom stereocenters. The van der Waals surface area contributed by atoms with Crippen LogP contribution in [0.4, 0.5) is 0 Å². The Morgan fingerprint density at radius 2 is 1.86 bits per heavy atom. The van der Waals surface area contributed by atoms with Crippen molar-refractivity contribution in [2.24, 2.45) is 5.92 Å². The Hall–Kier alpha value is -0.590. The standard InChI is InChI=1S/C4H5N2P/c5-1-4(2-6)3-7/h4H,3,7H2. The molecule has 0 aliphatic rings. The van der Waals surface area contributed by atoms with Gasteiger partial charge in [-0.3, -0.25) is 0 Å². The van der Waals surface area contributed by atoms with Crippen LogP contribution in [0.1, 0.15) is 0 Å². The summed E-state index contributed by atoms with van der Waals surface area (Å²) in [6.07, 6.45) is 0.549. The van der Waals surface area contributed by atoms with E-state index >= 15 is 0 Å². The molecule has 2 nitrogen and oxygen atoms in total. The molecule has 1 unspecified atom stereocenters. The van der Waals surface area contributed by atoms with Crippen molar-refractivity contribution >= 4 is 9.24 Å². The second kappa shape index (κ2) is 3.59. The zero-order chi connectivity index (χ0) is 5.70. The summed E-state index contributed by atoms with van der Waals surface area (Å²) >= 11 is 0. The van der Waals surface area contributed by atoms with Gasteiger partial charge in [-0.25, -0.2) is 0 Å². The smallest absolute Gasteiger partial charge is 0.136 e. The van der Waals surface area contributed by atoms with Crippen molar-refractivity contribution in [3.05, 3.63) is 0 Å². The third-order valence-electron chi connectivity index (χ3n) is 0.547. The molecule has 3 heteroatoms. The van der Waals surface area contributed by atoms with E-state index in [2.05, 4.69) is 9.24 Å². The molecule has 0 fully saturated rings. The van der Waals surface area contributed by atoms with Crippen LogP contribution in [0.3, 0.4) is 0 Å². The Morgan fingerprint density at radius 1 is 1.43 bits per heavy atom. The first-order valence-electron chi connectivity index (χ1n) is 1.84. The molecular weight excluding hydrogens is 107 g/mol. The van der Waals surface area contributed by atoms with Crippen molar-refractivity contribution in [2.75, 3.05) is 6.16 Å². The first-order valence-corrected chi connectivity index (χ1v) is 2.66. The summed E-state index contributed by atoms with van der Waals surface area (Å²) in [6.45, 7) is 0. The first kappa shape index (κ1) is 6.41. The van der Waals surface area contributed by atoms with E-state index in [1.165, 1.54) is 0 Å². The Kier molecular flexibility index (Phi) is 3.29. The zero-order valence-electron chi connectivity index (χ0n) is 3.76. The van der Waals surface area contributed by atoms with Gasteiger partial charge in [0.15, 0.2) is 0 Å². The van der Waals surface area contributed by atoms with Gasteiger partial charge in [0.25, 0.3) is 0 Å². The maximum Gasteiger partial charge on any atom is 0.136 e. The van der Waals surface area contributed by atoms with Crippen molar-refractivity contribution in [1.29, 1.82) is 10.5 Å². The minimum atomic E-state index is -0.440. The van der Waals surface area contributed by atoms with Crippen LogP contribution < -0.4 is 0 Å². The Bertz CT molecular complexity index is 105. The maximum absolute atomic E-state index is 8.04. The lowest BCUT2D eigenvalue weighted by molar-refractivity contribution is 0.990. The second-order valence-electron chi connectivity index (χ2n) is 1.05. The van der Waals surface area contributed by atoms with Crippen LogP contribution in [0.2, 0.25) is 0 Å². The fourth-order valence-electron chi connectivity index (χ4n) is 0.134. The highest BCUT2D eigenvalue weighted by atomic mass is 31.0. The van der Waals surface area contributed by atoms with Crippen LogP contribution in [0.15, 0.2) is 0 Å². The highest BCUT2D eigenvalue weighted by molar-refractivity contribution is 7.16. The molecule has 0 spiro atoms. The molecule has 0 saturated heterocycles. The molecule has 0 N–H and O–H groups in total. The lowest BCUT2D eigenvalue weighted by Crippen LogP contribution is -1.90. The van der Waals surface area contributed by atoms with E-state index in [0.29, 0.717) is 6.16 Å². The fraction of sp³-hybridized carbons (Fsp3) is 0.500. The van der Waals surface area contributed by atoms with Crippen LogP contribution in [-0.2, 0) is 0 Å². The van der Waals surface area contributed by atoms with E-state index in [9.17, 15) is 0 Å². The molecule has 0 heterocycles. The highest BCUT2D eigenvalue weighted by Gasteiger charge is 1.97. The van der Waals surface area contributed by atoms with Gasteiger partial charge in [-0.15, -0.1) is 9.24 Å². The minimum Gasteiger partial charge on any atom is -0.197 e. The number of hydrogen-bond donors (Lipinski definition) is 0. The quantitative estimate of drug-likeness (QED) is 0.464. The van der Waals surface area contributed by atoms with Crippen LogP contribution in [0.25, 0.3) is 0 Å². The normalized spacial score (nSPS) is 7.43. The van der Waals surface area contributed by atoms with E-state index in [1.54, 1.807) is 0 Å². The Labute approximate surface area is 44.9 Å². The van der Waals surface area contributed by atoms with Crippen LogP contribution in [0.5, 0.6) is 0 Å². The van der Waals surface area contributed by atoms with E-state index in [-0.39, 0.29) is 0 Å². The van der Waals surface area contributed by atoms with Gasteiger partial charge >= 0.3 is 0 Å². The number of nitrogens with zero attached hydrogens (tertiary/aromatic N) is 2. The summed E-state index contributed by atoms with van der Waals surface area (Å²) in [7, 11) is 2.34. The molecular formula is C4H5N2P. The molecule has 0 amide bonds. The molecule has 0 aliphatic carbocycles. The fourth-order valence-corrected chi connectivity index (χ4v) is 0.345. The lowest BCUT2D eigenvalue weighted by Gasteiger charge is -1.84. The molecule has 7 heavy (non-hydrogen) atoms. The Morgan fingerprint density at radius 3 is 1.86 bits per heavy atom. The van der Waals surface area contributed by atoms with E-state index in [0.717, 1.165) is 0 Å². The van der Waals surface area contributed by atoms with E-state index < -0.39 is 5.92 Å². The van der Waals surface area contributed by atoms with Gasteiger partial charge in [0.05, 0.1) is 12.1 Å². The summed E-state index contributed by atoms with van der Waals surface area (Å²) in [5.74, 6) is -0.440. The molecule has 0 aliphatic heterocycles. The van der Waals surface area contributed by atoms with Crippen LogP contribution in [-0.4, -0.2) is 6.16 Å². The molecule has 0 rings (SSSR count). The first-order chi connectivity index (χ1) is 3.35. The van der Waals surface area contributed by atoms with Gasteiger partial charge in [0.2, 0.25) is 0 Å². The summed E-state index contributed by atoms with van der Waals surface area (Å²) < 4.78 is 0. The van der Waals surface area contributed by atoms with Gasteiger partial charge in [0, 0.05) is 0 Å². The summed E-state index contributed by atoms with van der Waals surface area (Å²) in [5, 5.41) is 16.1. The molecule has 0 aromatic carbocycles. The molecule has 0 saturated carbocycles. The summed E-state index contributed by atoms with van der Waals surface area (Å²) in [4.78, 5) is 0. The maximum atomic E-state index is 8.04. The summed E-state index contributed by atoms with van der Waals surface area (Å²) in [6, 6.07) is 3.64. The third-order valence-corrected chi connectivity index (χ3v) is 1.02. The average molecular weight is 112 g/mol. The third kappa shape index (κ3) is 2.15. The van der Waals surface area contributed by atoms with Crippen molar-refractivity contribution in [2.45, 2.75) is 0 Å². The van der Waals surface area contributed by atoms with Crippen molar-refractivity contribution in [3.63, 3.8) is 0 Å². The molecule has 0 aromatic rings. The molecule has 0 bridgehead atoms. The second-order valence-corrected chi connectivity index (χ2v) is 1.52. The average Bonchev–Trinajstić information content (AvgIpc) is 1.72. The predicted molar refractivity (Wildman–Crippen MR) is 29.3 cm³/mol. The van der Waals surface area contributed by atoms with Crippen LogP contribution >= 0.6 is 9.24 Å². The van der Waals surface area contributed by atoms with E-state index in [4.69, 9.17) is 10.5 Å². The van der Waals surface area contributed by atoms with Gasteiger partial charge in [0.1, 0.15) is 5.92 Å². The summed E-state index contributed by atoms with van der Waals surface area (Å²) in [5.41, 5.74) is 0. The number of nitriles is 2. The van der Waals surface area contributed by atoms with Crippen molar-refractivity contribution in [3.8, 4) is 12.1 Å². The topological polar surface area (TPSA) is 47.6 Å². The van der Waals surface area contributed by atoms with Crippen molar-refractivity contribution in [1.82, 2.24) is 0 Å². The lowest BCUT2D eigenvalue weighted by atomic mass is 10.2. The largest absolute Gasteiger partial charge is 0.197 e. The van der Waals surface area contributed by atoms with Crippen molar-refractivity contribution < 1.29 is 0 Å². The SMILES string of the molecule is N#CC(C#N)CP. The minimum absolute atomic E-state index is 0.440.